The van der Waals surface area contributed by atoms with Crippen LogP contribution in [0.4, 0.5) is 11.4 Å². The zero-order chi connectivity index (χ0) is 18.4. The Morgan fingerprint density at radius 1 is 1.12 bits per heavy atom. The summed E-state index contributed by atoms with van der Waals surface area (Å²) in [4.78, 5) is 12.7. The van der Waals surface area contributed by atoms with Crippen LogP contribution in [0.5, 0.6) is 0 Å². The van der Waals surface area contributed by atoms with Gasteiger partial charge in [0, 0.05) is 38.3 Å². The number of nitro benzene ring substituents is 1. The van der Waals surface area contributed by atoms with Crippen LogP contribution in [0.3, 0.4) is 0 Å². The van der Waals surface area contributed by atoms with E-state index >= 15 is 0 Å². The van der Waals surface area contributed by atoms with Gasteiger partial charge in [0.15, 0.2) is 0 Å². The number of sulfonamides is 1. The summed E-state index contributed by atoms with van der Waals surface area (Å²) in [6.45, 7) is 6.46. The molecular formula is C17H27N3O4S. The highest BCUT2D eigenvalue weighted by Crippen LogP contribution is 2.33. The van der Waals surface area contributed by atoms with E-state index in [1.807, 2.05) is 18.7 Å². The van der Waals surface area contributed by atoms with Crippen molar-refractivity contribution in [2.75, 3.05) is 31.1 Å². The lowest BCUT2D eigenvalue weighted by Crippen LogP contribution is -2.37. The quantitative estimate of drug-likeness (QED) is 0.518. The molecule has 0 atom stereocenters. The molecule has 1 aromatic rings. The second kappa shape index (κ2) is 8.62. The van der Waals surface area contributed by atoms with Crippen molar-refractivity contribution in [1.29, 1.82) is 0 Å². The first-order valence-electron chi connectivity index (χ1n) is 8.95. The number of nitrogens with zero attached hydrogens (tertiary/aromatic N) is 3. The lowest BCUT2D eigenvalue weighted by molar-refractivity contribution is -0.385. The third-order valence-electron chi connectivity index (χ3n) is 4.41. The standard InChI is InChI=1S/C17H27N3O4S/c1-3-10-18(11-4-2)16-9-8-15(20(21)22)14-17(16)25(23,24)19-12-6-5-7-13-19/h8-9,14H,3-7,10-13H2,1-2H3. The maximum Gasteiger partial charge on any atom is 0.270 e. The van der Waals surface area contributed by atoms with Crippen molar-refractivity contribution >= 4 is 21.4 Å². The Hall–Kier alpha value is -1.67. The highest BCUT2D eigenvalue weighted by molar-refractivity contribution is 7.89. The van der Waals surface area contributed by atoms with E-state index in [1.54, 1.807) is 6.07 Å². The summed E-state index contributed by atoms with van der Waals surface area (Å²) in [5, 5.41) is 11.2. The maximum absolute atomic E-state index is 13.2. The highest BCUT2D eigenvalue weighted by Gasteiger charge is 2.31. The molecule has 0 aliphatic carbocycles. The first-order chi connectivity index (χ1) is 11.9. The van der Waals surface area contributed by atoms with Gasteiger partial charge in [-0.25, -0.2) is 8.42 Å². The molecule has 1 aliphatic rings. The molecule has 0 saturated carbocycles. The average Bonchev–Trinajstić information content (AvgIpc) is 2.61. The van der Waals surface area contributed by atoms with E-state index in [0.29, 0.717) is 31.9 Å². The van der Waals surface area contributed by atoms with Crippen LogP contribution >= 0.6 is 0 Å². The summed E-state index contributed by atoms with van der Waals surface area (Å²) in [6.07, 6.45) is 4.43. The number of anilines is 1. The SMILES string of the molecule is CCCN(CCC)c1ccc([N+](=O)[O-])cc1S(=O)(=O)N1CCCCC1. The largest absolute Gasteiger partial charge is 0.370 e. The summed E-state index contributed by atoms with van der Waals surface area (Å²) in [5.41, 5.74) is 0.382. The number of hydrogen-bond donors (Lipinski definition) is 0. The Labute approximate surface area is 149 Å². The van der Waals surface area contributed by atoms with Crippen LogP contribution in [-0.2, 0) is 10.0 Å². The molecule has 0 bridgehead atoms. The monoisotopic (exact) mass is 369 g/mol. The van der Waals surface area contributed by atoms with Crippen molar-refractivity contribution in [3.63, 3.8) is 0 Å². The molecule has 1 aliphatic heterocycles. The van der Waals surface area contributed by atoms with E-state index in [9.17, 15) is 18.5 Å². The zero-order valence-corrected chi connectivity index (χ0v) is 15.8. The Kier molecular flexibility index (Phi) is 6.78. The molecule has 1 heterocycles. The predicted molar refractivity (Wildman–Crippen MR) is 98.5 cm³/mol. The fourth-order valence-electron chi connectivity index (χ4n) is 3.22. The number of non-ortho nitro benzene ring substituents is 1. The molecule has 1 fully saturated rings. The van der Waals surface area contributed by atoms with Crippen LogP contribution in [0, 0.1) is 10.1 Å². The third-order valence-corrected chi connectivity index (χ3v) is 6.34. The van der Waals surface area contributed by atoms with Gasteiger partial charge in [0.25, 0.3) is 5.69 Å². The number of rotatable bonds is 8. The molecule has 7 nitrogen and oxygen atoms in total. The number of nitro groups is 1. The van der Waals surface area contributed by atoms with E-state index < -0.39 is 14.9 Å². The van der Waals surface area contributed by atoms with E-state index in [2.05, 4.69) is 0 Å². The molecule has 8 heteroatoms. The van der Waals surface area contributed by atoms with Crippen LogP contribution in [-0.4, -0.2) is 43.8 Å². The van der Waals surface area contributed by atoms with Crippen molar-refractivity contribution in [1.82, 2.24) is 4.31 Å². The molecule has 2 rings (SSSR count). The minimum Gasteiger partial charge on any atom is -0.370 e. The van der Waals surface area contributed by atoms with Gasteiger partial charge in [-0.2, -0.15) is 4.31 Å². The Morgan fingerprint density at radius 3 is 2.24 bits per heavy atom. The van der Waals surface area contributed by atoms with Gasteiger partial charge in [-0.15, -0.1) is 0 Å². The summed E-state index contributed by atoms with van der Waals surface area (Å²) in [7, 11) is -3.74. The van der Waals surface area contributed by atoms with Gasteiger partial charge in [-0.1, -0.05) is 20.3 Å². The second-order valence-electron chi connectivity index (χ2n) is 6.36. The van der Waals surface area contributed by atoms with Crippen molar-refractivity contribution in [2.45, 2.75) is 50.8 Å². The molecule has 0 unspecified atom stereocenters. The molecule has 0 radical (unpaired) electrons. The molecule has 1 aromatic carbocycles. The van der Waals surface area contributed by atoms with Gasteiger partial charge < -0.3 is 4.90 Å². The van der Waals surface area contributed by atoms with E-state index in [1.165, 1.54) is 16.4 Å². The zero-order valence-electron chi connectivity index (χ0n) is 15.0. The fraction of sp³-hybridized carbons (Fsp3) is 0.647. The van der Waals surface area contributed by atoms with Crippen molar-refractivity contribution in [3.8, 4) is 0 Å². The van der Waals surface area contributed by atoms with E-state index in [4.69, 9.17) is 0 Å². The molecular weight excluding hydrogens is 342 g/mol. The van der Waals surface area contributed by atoms with Crippen molar-refractivity contribution in [3.05, 3.63) is 28.3 Å². The first-order valence-corrected chi connectivity index (χ1v) is 10.4. The van der Waals surface area contributed by atoms with E-state index in [0.717, 1.165) is 32.1 Å². The number of hydrogen-bond acceptors (Lipinski definition) is 5. The maximum atomic E-state index is 13.2. The summed E-state index contributed by atoms with van der Waals surface area (Å²) in [5.74, 6) is 0. The van der Waals surface area contributed by atoms with Crippen molar-refractivity contribution in [2.24, 2.45) is 0 Å². The first kappa shape index (κ1) is 19.7. The minimum absolute atomic E-state index is 0.0606. The average molecular weight is 369 g/mol. The van der Waals surface area contributed by atoms with E-state index in [-0.39, 0.29) is 10.6 Å². The topological polar surface area (TPSA) is 83.8 Å². The van der Waals surface area contributed by atoms with Gasteiger partial charge in [-0.3, -0.25) is 10.1 Å². The second-order valence-corrected chi connectivity index (χ2v) is 8.27. The van der Waals surface area contributed by atoms with Crippen LogP contribution in [0.2, 0.25) is 0 Å². The summed E-state index contributed by atoms with van der Waals surface area (Å²) >= 11 is 0. The molecule has 140 valence electrons. The predicted octanol–water partition coefficient (Wildman–Crippen LogP) is 3.40. The normalized spacial score (nSPS) is 15.9. The smallest absolute Gasteiger partial charge is 0.270 e. The molecule has 0 aromatic heterocycles. The minimum atomic E-state index is -3.74. The van der Waals surface area contributed by atoms with Gasteiger partial charge in [0.05, 0.1) is 10.6 Å². The Bertz CT molecular complexity index is 694. The van der Waals surface area contributed by atoms with Crippen LogP contribution in [0.1, 0.15) is 46.0 Å². The lowest BCUT2D eigenvalue weighted by atomic mass is 10.2. The van der Waals surface area contributed by atoms with Gasteiger partial charge in [0.1, 0.15) is 4.90 Å². The molecule has 0 amide bonds. The van der Waals surface area contributed by atoms with Crippen LogP contribution in [0.15, 0.2) is 23.1 Å². The molecule has 0 spiro atoms. The lowest BCUT2D eigenvalue weighted by Gasteiger charge is -2.30. The Balaban J connectivity index is 2.54. The fourth-order valence-corrected chi connectivity index (χ4v) is 4.97. The van der Waals surface area contributed by atoms with Gasteiger partial charge >= 0.3 is 0 Å². The highest BCUT2D eigenvalue weighted by atomic mass is 32.2. The molecule has 25 heavy (non-hydrogen) atoms. The van der Waals surface area contributed by atoms with Crippen LogP contribution < -0.4 is 4.90 Å². The number of benzene rings is 1. The van der Waals surface area contributed by atoms with Crippen LogP contribution in [0.25, 0.3) is 0 Å². The van der Waals surface area contributed by atoms with Gasteiger partial charge in [0.2, 0.25) is 10.0 Å². The van der Waals surface area contributed by atoms with Gasteiger partial charge in [-0.05, 0) is 31.7 Å². The summed E-state index contributed by atoms with van der Waals surface area (Å²) in [6, 6.07) is 4.20. The van der Waals surface area contributed by atoms with Crippen molar-refractivity contribution < 1.29 is 13.3 Å². The molecule has 0 N–H and O–H groups in total. The molecule has 1 saturated heterocycles. The summed E-state index contributed by atoms with van der Waals surface area (Å²) < 4.78 is 27.8. The number of piperidine rings is 1. The third kappa shape index (κ3) is 4.49. The Morgan fingerprint density at radius 2 is 1.72 bits per heavy atom.